The van der Waals surface area contributed by atoms with Crippen molar-refractivity contribution in [3.63, 3.8) is 0 Å². The van der Waals surface area contributed by atoms with Crippen molar-refractivity contribution >= 4 is 17.3 Å². The van der Waals surface area contributed by atoms with Crippen molar-refractivity contribution in [2.45, 2.75) is 20.8 Å². The fourth-order valence-electron chi connectivity index (χ4n) is 2.31. The van der Waals surface area contributed by atoms with E-state index in [9.17, 15) is 9.59 Å². The molecule has 0 bridgehead atoms. The number of carbonyl (C=O) groups is 1. The Morgan fingerprint density at radius 1 is 1.12 bits per heavy atom. The summed E-state index contributed by atoms with van der Waals surface area (Å²) in [6.45, 7) is 5.01. The average molecular weight is 325 g/mol. The fraction of sp³-hybridized carbons (Fsp3) is 0.188. The number of rotatable bonds is 3. The van der Waals surface area contributed by atoms with Gasteiger partial charge >= 0.3 is 5.97 Å². The number of nitrogens with one attached hydrogen (secondary N) is 1. The number of nitrogens with zero attached hydrogens (tertiary/aromatic N) is 4. The molecule has 0 aliphatic heterocycles. The zero-order valence-corrected chi connectivity index (χ0v) is 13.4. The number of hydroxylamine groups is 1. The van der Waals surface area contributed by atoms with Gasteiger partial charge in [0.1, 0.15) is 5.69 Å². The number of aryl methyl sites for hydroxylation is 2. The largest absolute Gasteiger partial charge is 0.362 e. The molecule has 3 aromatic rings. The lowest BCUT2D eigenvalue weighted by molar-refractivity contribution is 0.0364. The van der Waals surface area contributed by atoms with Gasteiger partial charge in [-0.3, -0.25) is 4.79 Å². The molecule has 0 amide bonds. The Morgan fingerprint density at radius 2 is 1.83 bits per heavy atom. The predicted octanol–water partition coefficient (Wildman–Crippen LogP) is 0.310. The topological polar surface area (TPSA) is 98.5 Å². The average Bonchev–Trinajstić information content (AvgIpc) is 2.93. The Bertz CT molecular complexity index is 1030. The lowest BCUT2D eigenvalue weighted by Gasteiger charge is -2.06. The van der Waals surface area contributed by atoms with E-state index in [1.807, 2.05) is 6.07 Å². The fourth-order valence-corrected chi connectivity index (χ4v) is 2.31. The van der Waals surface area contributed by atoms with Crippen LogP contribution >= 0.6 is 0 Å². The molecule has 0 unspecified atom stereocenters. The van der Waals surface area contributed by atoms with Crippen molar-refractivity contribution in [1.29, 1.82) is 0 Å². The third-order valence-electron chi connectivity index (χ3n) is 3.51. The van der Waals surface area contributed by atoms with Crippen molar-refractivity contribution in [2.24, 2.45) is 0 Å². The molecular formula is C16H15N5O3. The summed E-state index contributed by atoms with van der Waals surface area (Å²) in [5.74, 6) is -0.518. The quantitative estimate of drug-likeness (QED) is 0.692. The molecule has 0 spiro atoms. The first-order valence-corrected chi connectivity index (χ1v) is 7.25. The monoisotopic (exact) mass is 325 g/mol. The molecule has 2 aromatic heterocycles. The van der Waals surface area contributed by atoms with E-state index in [2.05, 4.69) is 20.8 Å². The summed E-state index contributed by atoms with van der Waals surface area (Å²) in [6.07, 6.45) is 0. The molecule has 0 saturated carbocycles. The molecule has 8 nitrogen and oxygen atoms in total. The molecule has 2 heterocycles. The molecule has 1 N–H and O–H groups in total. The number of carbonyl (C=O) groups excluding carboxylic acids is 1. The van der Waals surface area contributed by atoms with E-state index in [1.54, 1.807) is 45.0 Å². The third-order valence-corrected chi connectivity index (χ3v) is 3.51. The van der Waals surface area contributed by atoms with Crippen LogP contribution in [0.1, 0.15) is 28.7 Å². The summed E-state index contributed by atoms with van der Waals surface area (Å²) in [5, 5.41) is 12.6. The molecule has 24 heavy (non-hydrogen) atoms. The zero-order valence-electron chi connectivity index (χ0n) is 13.4. The van der Waals surface area contributed by atoms with Gasteiger partial charge in [0, 0.05) is 0 Å². The summed E-state index contributed by atoms with van der Waals surface area (Å²) < 4.78 is 1.19. The van der Waals surface area contributed by atoms with Gasteiger partial charge in [-0.15, -0.1) is 10.2 Å². The molecule has 0 saturated heterocycles. The minimum atomic E-state index is -0.518. The van der Waals surface area contributed by atoms with Crippen molar-refractivity contribution in [2.75, 3.05) is 0 Å². The van der Waals surface area contributed by atoms with E-state index >= 15 is 0 Å². The highest BCUT2D eigenvalue weighted by molar-refractivity contribution is 5.89. The second kappa shape index (κ2) is 6.07. The normalized spacial score (nSPS) is 12.1. The van der Waals surface area contributed by atoms with E-state index in [1.165, 1.54) is 4.52 Å². The maximum absolute atomic E-state index is 12.1. The van der Waals surface area contributed by atoms with Crippen molar-refractivity contribution in [3.05, 3.63) is 62.9 Å². The first-order chi connectivity index (χ1) is 11.5. The van der Waals surface area contributed by atoms with Crippen LogP contribution in [0.25, 0.3) is 11.3 Å². The van der Waals surface area contributed by atoms with E-state index in [-0.39, 0.29) is 11.3 Å². The van der Waals surface area contributed by atoms with Gasteiger partial charge < -0.3 is 4.84 Å². The Kier molecular flexibility index (Phi) is 3.95. The number of fused-ring (bicyclic) bond motifs is 1. The second-order valence-electron chi connectivity index (χ2n) is 5.27. The van der Waals surface area contributed by atoms with Crippen molar-refractivity contribution in [1.82, 2.24) is 25.3 Å². The highest BCUT2D eigenvalue weighted by atomic mass is 16.7. The van der Waals surface area contributed by atoms with Crippen LogP contribution in [-0.4, -0.2) is 25.8 Å². The summed E-state index contributed by atoms with van der Waals surface area (Å²) in [6, 6.07) is 8.60. The van der Waals surface area contributed by atoms with Crippen LogP contribution in [-0.2, 0) is 4.84 Å². The van der Waals surface area contributed by atoms with E-state index in [0.29, 0.717) is 27.8 Å². The Labute approximate surface area is 136 Å². The summed E-state index contributed by atoms with van der Waals surface area (Å²) in [7, 11) is 0. The Morgan fingerprint density at radius 3 is 2.54 bits per heavy atom. The number of hydrogen-bond acceptors (Lipinski definition) is 7. The maximum atomic E-state index is 12.1. The SMILES string of the molecule is C/C(NOC(=O)c1ccccc1)=c1\c(C)nn2c(=O)c(C)nnc12. The molecule has 0 fully saturated rings. The van der Waals surface area contributed by atoms with Crippen LogP contribution in [0.4, 0.5) is 0 Å². The lowest BCUT2D eigenvalue weighted by atomic mass is 10.2. The molecule has 0 aliphatic carbocycles. The molecule has 0 atom stereocenters. The van der Waals surface area contributed by atoms with Crippen molar-refractivity contribution < 1.29 is 9.63 Å². The molecule has 0 radical (unpaired) electrons. The van der Waals surface area contributed by atoms with Crippen LogP contribution in [0.2, 0.25) is 0 Å². The van der Waals surface area contributed by atoms with E-state index in [4.69, 9.17) is 4.84 Å². The molecular weight excluding hydrogens is 310 g/mol. The highest BCUT2D eigenvalue weighted by Crippen LogP contribution is 2.01. The van der Waals surface area contributed by atoms with Gasteiger partial charge in [0.15, 0.2) is 5.65 Å². The summed E-state index contributed by atoms with van der Waals surface area (Å²) in [4.78, 5) is 29.1. The lowest BCUT2D eigenvalue weighted by Crippen LogP contribution is -2.25. The van der Waals surface area contributed by atoms with Gasteiger partial charge in [-0.1, -0.05) is 18.2 Å². The predicted molar refractivity (Wildman–Crippen MR) is 85.8 cm³/mol. The van der Waals surface area contributed by atoms with Crippen molar-refractivity contribution in [3.8, 4) is 0 Å². The zero-order chi connectivity index (χ0) is 17.3. The van der Waals surface area contributed by atoms with Crippen LogP contribution < -0.4 is 16.3 Å². The number of benzene rings is 1. The van der Waals surface area contributed by atoms with Crippen LogP contribution in [0.15, 0.2) is 35.1 Å². The second-order valence-corrected chi connectivity index (χ2v) is 5.27. The van der Waals surface area contributed by atoms with Crippen LogP contribution in [0.3, 0.4) is 0 Å². The first-order valence-electron chi connectivity index (χ1n) is 7.25. The van der Waals surface area contributed by atoms with Gasteiger partial charge in [-0.25, -0.2) is 10.3 Å². The Balaban J connectivity index is 1.96. The minimum absolute atomic E-state index is 0.262. The first kappa shape index (κ1) is 15.6. The number of aromatic nitrogens is 4. The number of hydrogen-bond donors (Lipinski definition) is 1. The maximum Gasteiger partial charge on any atom is 0.362 e. The third kappa shape index (κ3) is 2.69. The van der Waals surface area contributed by atoms with Crippen LogP contribution in [0, 0.1) is 13.8 Å². The molecule has 3 rings (SSSR count). The van der Waals surface area contributed by atoms with Gasteiger partial charge in [0.05, 0.1) is 22.2 Å². The standard InChI is InChI=1S/C16H15N5O3/c1-9-13(14-18-17-11(3)15(22)21(14)19-9)10(2)20-24-16(23)12-7-5-4-6-8-12/h4-8,20H,1-3H3/b13-10-. The van der Waals surface area contributed by atoms with Gasteiger partial charge in [-0.2, -0.15) is 9.61 Å². The highest BCUT2D eigenvalue weighted by Gasteiger charge is 2.13. The van der Waals surface area contributed by atoms with Gasteiger partial charge in [-0.05, 0) is 32.9 Å². The van der Waals surface area contributed by atoms with E-state index in [0.717, 1.165) is 0 Å². The smallest absolute Gasteiger partial charge is 0.338 e. The van der Waals surface area contributed by atoms with Gasteiger partial charge in [0.25, 0.3) is 5.56 Å². The van der Waals surface area contributed by atoms with E-state index < -0.39 is 5.97 Å². The summed E-state index contributed by atoms with van der Waals surface area (Å²) >= 11 is 0. The molecule has 0 aliphatic rings. The summed E-state index contributed by atoms with van der Waals surface area (Å²) in [5.41, 5.74) is 4.34. The molecule has 1 aromatic carbocycles. The Hall–Kier alpha value is -3.29. The minimum Gasteiger partial charge on any atom is -0.338 e. The van der Waals surface area contributed by atoms with Gasteiger partial charge in [0.2, 0.25) is 0 Å². The molecule has 8 heteroatoms. The van der Waals surface area contributed by atoms with Crippen LogP contribution in [0.5, 0.6) is 0 Å². The molecule has 122 valence electrons.